The first-order valence-electron chi connectivity index (χ1n) is 7.44. The van der Waals surface area contributed by atoms with Crippen LogP contribution < -0.4 is 0 Å². The summed E-state index contributed by atoms with van der Waals surface area (Å²) in [5, 5.41) is 10.8. The Morgan fingerprint density at radius 1 is 1.35 bits per heavy atom. The van der Waals surface area contributed by atoms with E-state index in [2.05, 4.69) is 4.98 Å². The zero-order chi connectivity index (χ0) is 16.7. The standard InChI is InChI=1S/C16H19N3O4/c1-13-17-12-15(19(21)22)18(13)10-11-23-16(20)9-5-8-14-6-3-2-4-7-14/h2-4,6-7,12H,5,8-11H2,1H3. The highest BCUT2D eigenvalue weighted by molar-refractivity contribution is 5.69. The van der Waals surface area contributed by atoms with Crippen LogP contribution in [0.15, 0.2) is 36.5 Å². The van der Waals surface area contributed by atoms with Crippen LogP contribution in [0.1, 0.15) is 24.2 Å². The second kappa shape index (κ2) is 8.07. The molecule has 7 heteroatoms. The Labute approximate surface area is 134 Å². The minimum atomic E-state index is -0.498. The second-order valence-corrected chi connectivity index (χ2v) is 5.13. The van der Waals surface area contributed by atoms with Gasteiger partial charge in [0.05, 0.1) is 0 Å². The second-order valence-electron chi connectivity index (χ2n) is 5.13. The molecule has 1 aromatic heterocycles. The predicted molar refractivity (Wildman–Crippen MR) is 84.0 cm³/mol. The van der Waals surface area contributed by atoms with E-state index in [1.807, 2.05) is 30.3 Å². The highest BCUT2D eigenvalue weighted by Crippen LogP contribution is 2.13. The van der Waals surface area contributed by atoms with Crippen molar-refractivity contribution in [3.63, 3.8) is 0 Å². The van der Waals surface area contributed by atoms with Gasteiger partial charge in [-0.25, -0.2) is 9.55 Å². The minimum absolute atomic E-state index is 0.0948. The average Bonchev–Trinajstić information content (AvgIpc) is 2.90. The quantitative estimate of drug-likeness (QED) is 0.424. The number of imidazole rings is 1. The lowest BCUT2D eigenvalue weighted by Crippen LogP contribution is -2.13. The topological polar surface area (TPSA) is 87.3 Å². The van der Waals surface area contributed by atoms with Gasteiger partial charge in [0.25, 0.3) is 0 Å². The molecule has 0 radical (unpaired) electrons. The van der Waals surface area contributed by atoms with Crippen molar-refractivity contribution in [3.8, 4) is 0 Å². The van der Waals surface area contributed by atoms with Gasteiger partial charge in [-0.05, 0) is 23.3 Å². The summed E-state index contributed by atoms with van der Waals surface area (Å²) < 4.78 is 6.56. The van der Waals surface area contributed by atoms with E-state index in [4.69, 9.17) is 4.74 Å². The Bertz CT molecular complexity index is 667. The maximum atomic E-state index is 11.7. The SMILES string of the molecule is Cc1ncc([N+](=O)[O-])n1CCOC(=O)CCCc1ccccc1. The molecule has 1 heterocycles. The summed E-state index contributed by atoms with van der Waals surface area (Å²) in [6, 6.07) is 9.93. The molecule has 0 aliphatic carbocycles. The number of ether oxygens (including phenoxy) is 1. The lowest BCUT2D eigenvalue weighted by Gasteiger charge is -2.05. The van der Waals surface area contributed by atoms with Crippen LogP contribution in [0, 0.1) is 17.0 Å². The number of hydrogen-bond acceptors (Lipinski definition) is 5. The largest absolute Gasteiger partial charge is 0.461 e. The van der Waals surface area contributed by atoms with E-state index in [1.165, 1.54) is 16.3 Å². The molecule has 23 heavy (non-hydrogen) atoms. The van der Waals surface area contributed by atoms with Crippen LogP contribution in [-0.2, 0) is 22.5 Å². The molecule has 0 aliphatic rings. The third-order valence-corrected chi connectivity index (χ3v) is 3.49. The summed E-state index contributed by atoms with van der Waals surface area (Å²) in [4.78, 5) is 25.9. The lowest BCUT2D eigenvalue weighted by molar-refractivity contribution is -0.392. The summed E-state index contributed by atoms with van der Waals surface area (Å²) in [5.74, 6) is 0.140. The van der Waals surface area contributed by atoms with Gasteiger partial charge in [-0.15, -0.1) is 0 Å². The fourth-order valence-electron chi connectivity index (χ4n) is 2.28. The van der Waals surface area contributed by atoms with E-state index in [-0.39, 0.29) is 24.9 Å². The number of nitro groups is 1. The van der Waals surface area contributed by atoms with Gasteiger partial charge in [-0.2, -0.15) is 0 Å². The first kappa shape index (κ1) is 16.7. The van der Waals surface area contributed by atoms with Crippen molar-refractivity contribution in [2.24, 2.45) is 0 Å². The first-order chi connectivity index (χ1) is 11.1. The summed E-state index contributed by atoms with van der Waals surface area (Å²) in [6.07, 6.45) is 3.08. The van der Waals surface area contributed by atoms with Crippen LogP contribution in [0.3, 0.4) is 0 Å². The molecule has 0 atom stereocenters. The van der Waals surface area contributed by atoms with Crippen molar-refractivity contribution in [1.29, 1.82) is 0 Å². The third-order valence-electron chi connectivity index (χ3n) is 3.49. The summed E-state index contributed by atoms with van der Waals surface area (Å²) in [7, 11) is 0. The molecule has 0 fully saturated rings. The first-order valence-corrected chi connectivity index (χ1v) is 7.44. The van der Waals surface area contributed by atoms with Gasteiger partial charge in [0.15, 0.2) is 5.82 Å². The molecule has 0 amide bonds. The Morgan fingerprint density at radius 3 is 2.78 bits per heavy atom. The molecule has 0 aliphatic heterocycles. The number of nitrogens with zero attached hydrogens (tertiary/aromatic N) is 3. The molecule has 0 bridgehead atoms. The Balaban J connectivity index is 1.71. The fourth-order valence-corrected chi connectivity index (χ4v) is 2.28. The highest BCUT2D eigenvalue weighted by Gasteiger charge is 2.17. The molecule has 0 saturated carbocycles. The molecule has 0 unspecified atom stereocenters. The van der Waals surface area contributed by atoms with E-state index in [0.717, 1.165) is 6.42 Å². The molecule has 0 spiro atoms. The van der Waals surface area contributed by atoms with Gasteiger partial charge in [0.2, 0.25) is 0 Å². The van der Waals surface area contributed by atoms with Crippen molar-refractivity contribution in [2.45, 2.75) is 32.7 Å². The number of hydrogen-bond donors (Lipinski definition) is 0. The smallest absolute Gasteiger partial charge is 0.342 e. The summed E-state index contributed by atoms with van der Waals surface area (Å²) in [5.41, 5.74) is 1.19. The maximum absolute atomic E-state index is 11.7. The number of aromatic nitrogens is 2. The highest BCUT2D eigenvalue weighted by atomic mass is 16.6. The van der Waals surface area contributed by atoms with Gasteiger partial charge in [-0.1, -0.05) is 30.3 Å². The molecular weight excluding hydrogens is 298 g/mol. The summed E-state index contributed by atoms with van der Waals surface area (Å²) in [6.45, 7) is 2.00. The Hall–Kier alpha value is -2.70. The van der Waals surface area contributed by atoms with Gasteiger partial charge in [-0.3, -0.25) is 4.79 Å². The molecule has 0 saturated heterocycles. The molecule has 2 rings (SSSR count). The summed E-state index contributed by atoms with van der Waals surface area (Å²) >= 11 is 0. The normalized spacial score (nSPS) is 10.5. The molecule has 7 nitrogen and oxygen atoms in total. The van der Waals surface area contributed by atoms with E-state index >= 15 is 0 Å². The van der Waals surface area contributed by atoms with Crippen molar-refractivity contribution >= 4 is 11.8 Å². The zero-order valence-electron chi connectivity index (χ0n) is 13.0. The third kappa shape index (κ3) is 4.91. The van der Waals surface area contributed by atoms with Crippen molar-refractivity contribution < 1.29 is 14.5 Å². The van der Waals surface area contributed by atoms with E-state index in [9.17, 15) is 14.9 Å². The minimum Gasteiger partial charge on any atom is -0.461 e. The number of carbonyl (C=O) groups excluding carboxylic acids is 1. The van der Waals surface area contributed by atoms with E-state index < -0.39 is 4.92 Å². The van der Waals surface area contributed by atoms with Gasteiger partial charge in [0.1, 0.15) is 19.3 Å². The number of rotatable bonds is 8. The zero-order valence-corrected chi connectivity index (χ0v) is 13.0. The van der Waals surface area contributed by atoms with Crippen molar-refractivity contribution in [3.05, 3.63) is 58.0 Å². The van der Waals surface area contributed by atoms with Crippen LogP contribution in [0.2, 0.25) is 0 Å². The monoisotopic (exact) mass is 317 g/mol. The van der Waals surface area contributed by atoms with E-state index in [0.29, 0.717) is 18.7 Å². The van der Waals surface area contributed by atoms with Gasteiger partial charge < -0.3 is 14.9 Å². The fraction of sp³-hybridized carbons (Fsp3) is 0.375. The van der Waals surface area contributed by atoms with Gasteiger partial charge in [0, 0.05) is 13.3 Å². The number of aryl methyl sites for hydroxylation is 2. The van der Waals surface area contributed by atoms with Crippen LogP contribution in [0.5, 0.6) is 0 Å². The van der Waals surface area contributed by atoms with Crippen LogP contribution in [0.4, 0.5) is 5.82 Å². The number of esters is 1. The van der Waals surface area contributed by atoms with Crippen molar-refractivity contribution in [1.82, 2.24) is 9.55 Å². The molecule has 1 aromatic carbocycles. The molecule has 122 valence electrons. The molecule has 0 N–H and O–H groups in total. The van der Waals surface area contributed by atoms with Crippen molar-refractivity contribution in [2.75, 3.05) is 6.61 Å². The number of benzene rings is 1. The Kier molecular flexibility index (Phi) is 5.85. The van der Waals surface area contributed by atoms with Crippen LogP contribution in [0.25, 0.3) is 0 Å². The predicted octanol–water partition coefficient (Wildman–Crippen LogP) is 2.67. The average molecular weight is 317 g/mol. The maximum Gasteiger partial charge on any atom is 0.342 e. The van der Waals surface area contributed by atoms with Crippen LogP contribution >= 0.6 is 0 Å². The van der Waals surface area contributed by atoms with Gasteiger partial charge >= 0.3 is 11.8 Å². The Morgan fingerprint density at radius 2 is 2.09 bits per heavy atom. The number of carbonyl (C=O) groups is 1. The lowest BCUT2D eigenvalue weighted by atomic mass is 10.1. The van der Waals surface area contributed by atoms with E-state index in [1.54, 1.807) is 6.92 Å². The molecular formula is C16H19N3O4. The molecule has 2 aromatic rings. The van der Waals surface area contributed by atoms with Crippen LogP contribution in [-0.4, -0.2) is 27.1 Å².